The summed E-state index contributed by atoms with van der Waals surface area (Å²) in [6.07, 6.45) is 4.96. The molecule has 1 N–H and O–H groups in total. The maximum absolute atomic E-state index is 11.3. The van der Waals surface area contributed by atoms with Gasteiger partial charge < -0.3 is 5.32 Å². The zero-order chi connectivity index (χ0) is 11.6. The average Bonchev–Trinajstić information content (AvgIpc) is 2.76. The fourth-order valence-corrected chi connectivity index (χ4v) is 1.18. The van der Waals surface area contributed by atoms with Crippen LogP contribution in [0, 0.1) is 0 Å². The Labute approximate surface area is 93.1 Å². The van der Waals surface area contributed by atoms with Crippen molar-refractivity contribution in [3.05, 3.63) is 28.9 Å². The van der Waals surface area contributed by atoms with Crippen molar-refractivity contribution in [3.8, 4) is 0 Å². The third kappa shape index (κ3) is 5.02. The molecule has 7 nitrogen and oxygen atoms in total. The Bertz CT molecular complexity index is 354. The van der Waals surface area contributed by atoms with Crippen LogP contribution in [0.2, 0.25) is 0 Å². The molecular weight excluding hydrogens is 208 g/mol. The van der Waals surface area contributed by atoms with Crippen LogP contribution in [0.1, 0.15) is 12.8 Å². The van der Waals surface area contributed by atoms with Gasteiger partial charge in [0.25, 0.3) is 0 Å². The van der Waals surface area contributed by atoms with Crippen molar-refractivity contribution in [2.45, 2.75) is 19.4 Å². The summed E-state index contributed by atoms with van der Waals surface area (Å²) in [4.78, 5) is 14.0. The van der Waals surface area contributed by atoms with Gasteiger partial charge in [-0.05, 0) is 24.4 Å². The van der Waals surface area contributed by atoms with E-state index in [1.54, 1.807) is 23.1 Å². The summed E-state index contributed by atoms with van der Waals surface area (Å²) in [6.45, 7) is 1.32. The van der Waals surface area contributed by atoms with E-state index in [1.165, 1.54) is 0 Å². The summed E-state index contributed by atoms with van der Waals surface area (Å²) in [5, 5.41) is 10.1. The van der Waals surface area contributed by atoms with Crippen LogP contribution in [-0.4, -0.2) is 28.8 Å². The lowest BCUT2D eigenvalue weighted by atomic mass is 10.3. The quantitative estimate of drug-likeness (QED) is 0.323. The lowest BCUT2D eigenvalue weighted by Gasteiger charge is -2.04. The van der Waals surface area contributed by atoms with E-state index in [0.717, 1.165) is 12.8 Å². The van der Waals surface area contributed by atoms with Crippen molar-refractivity contribution in [2.75, 3.05) is 13.1 Å². The number of carbonyl (C=O) groups excluding carboxylic acids is 1. The Morgan fingerprint density at radius 1 is 1.56 bits per heavy atom. The third-order valence-corrected chi connectivity index (χ3v) is 1.94. The number of nitrogens with one attached hydrogen (secondary N) is 1. The Hall–Kier alpha value is -2.01. The molecule has 1 aromatic heterocycles. The number of aromatic nitrogens is 2. The molecule has 0 radical (unpaired) electrons. The van der Waals surface area contributed by atoms with Gasteiger partial charge in [-0.25, -0.2) is 0 Å². The molecule has 16 heavy (non-hydrogen) atoms. The van der Waals surface area contributed by atoms with Gasteiger partial charge in [-0.15, -0.1) is 0 Å². The van der Waals surface area contributed by atoms with Crippen molar-refractivity contribution in [1.29, 1.82) is 0 Å². The molecule has 0 fully saturated rings. The second kappa shape index (κ2) is 7.30. The van der Waals surface area contributed by atoms with Gasteiger partial charge in [0.15, 0.2) is 0 Å². The Kier molecular flexibility index (Phi) is 5.51. The van der Waals surface area contributed by atoms with Crippen molar-refractivity contribution < 1.29 is 4.79 Å². The molecule has 0 unspecified atom stereocenters. The van der Waals surface area contributed by atoms with Crippen LogP contribution in [0.5, 0.6) is 0 Å². The molecule has 0 bridgehead atoms. The van der Waals surface area contributed by atoms with Gasteiger partial charge in [-0.1, -0.05) is 5.11 Å². The van der Waals surface area contributed by atoms with Gasteiger partial charge in [-0.2, -0.15) is 5.10 Å². The van der Waals surface area contributed by atoms with E-state index in [2.05, 4.69) is 20.4 Å². The van der Waals surface area contributed by atoms with Gasteiger partial charge in [0.2, 0.25) is 5.91 Å². The number of unbranched alkanes of at least 4 members (excludes halogenated alkanes) is 1. The Balaban J connectivity index is 2.04. The number of carbonyl (C=O) groups is 1. The van der Waals surface area contributed by atoms with Crippen LogP contribution in [0.4, 0.5) is 0 Å². The molecule has 0 aromatic carbocycles. The second-order valence-corrected chi connectivity index (χ2v) is 3.22. The van der Waals surface area contributed by atoms with E-state index in [9.17, 15) is 4.79 Å². The van der Waals surface area contributed by atoms with Crippen LogP contribution in [0.15, 0.2) is 23.6 Å². The summed E-state index contributed by atoms with van der Waals surface area (Å²) in [5.74, 6) is -0.0625. The average molecular weight is 222 g/mol. The van der Waals surface area contributed by atoms with E-state index in [1.807, 2.05) is 0 Å². The van der Waals surface area contributed by atoms with Gasteiger partial charge >= 0.3 is 0 Å². The van der Waals surface area contributed by atoms with Crippen molar-refractivity contribution in [1.82, 2.24) is 15.1 Å². The summed E-state index contributed by atoms with van der Waals surface area (Å²) >= 11 is 0. The van der Waals surface area contributed by atoms with E-state index >= 15 is 0 Å². The molecule has 1 aromatic rings. The van der Waals surface area contributed by atoms with E-state index in [4.69, 9.17) is 5.53 Å². The highest BCUT2D eigenvalue weighted by Crippen LogP contribution is 1.89. The largest absolute Gasteiger partial charge is 0.354 e. The fourth-order valence-electron chi connectivity index (χ4n) is 1.18. The highest BCUT2D eigenvalue weighted by atomic mass is 16.2. The van der Waals surface area contributed by atoms with Crippen LogP contribution < -0.4 is 5.32 Å². The van der Waals surface area contributed by atoms with Crippen molar-refractivity contribution in [3.63, 3.8) is 0 Å². The standard InChI is InChI=1S/C9H14N6O/c10-14-12-5-2-1-4-11-9(16)8-15-7-3-6-13-15/h3,6-7H,1-2,4-5,8H2,(H,11,16). The van der Waals surface area contributed by atoms with Crippen molar-refractivity contribution >= 4 is 5.91 Å². The van der Waals surface area contributed by atoms with Crippen LogP contribution in [0.3, 0.4) is 0 Å². The number of amides is 1. The summed E-state index contributed by atoms with van der Waals surface area (Å²) in [5.41, 5.74) is 8.03. The van der Waals surface area contributed by atoms with E-state index in [0.29, 0.717) is 13.1 Å². The molecule has 0 aliphatic carbocycles. The second-order valence-electron chi connectivity index (χ2n) is 3.22. The minimum absolute atomic E-state index is 0.0625. The highest BCUT2D eigenvalue weighted by Gasteiger charge is 2.00. The first-order valence-electron chi connectivity index (χ1n) is 5.08. The smallest absolute Gasteiger partial charge is 0.241 e. The van der Waals surface area contributed by atoms with Gasteiger partial charge in [-0.3, -0.25) is 9.48 Å². The molecule has 1 rings (SSSR count). The first kappa shape index (κ1) is 12.1. The zero-order valence-electron chi connectivity index (χ0n) is 8.91. The minimum atomic E-state index is -0.0625. The topological polar surface area (TPSA) is 95.7 Å². The number of hydrogen-bond donors (Lipinski definition) is 1. The zero-order valence-corrected chi connectivity index (χ0v) is 8.91. The number of hydrogen-bond acceptors (Lipinski definition) is 3. The summed E-state index contributed by atoms with van der Waals surface area (Å²) < 4.78 is 1.56. The van der Waals surface area contributed by atoms with Crippen LogP contribution in [0.25, 0.3) is 10.4 Å². The summed E-state index contributed by atoms with van der Waals surface area (Å²) in [7, 11) is 0. The molecule has 0 spiro atoms. The molecule has 7 heteroatoms. The lowest BCUT2D eigenvalue weighted by Crippen LogP contribution is -2.28. The van der Waals surface area contributed by atoms with Crippen LogP contribution >= 0.6 is 0 Å². The number of nitrogens with zero attached hydrogens (tertiary/aromatic N) is 5. The maximum atomic E-state index is 11.3. The normalized spacial score (nSPS) is 9.50. The fraction of sp³-hybridized carbons (Fsp3) is 0.556. The minimum Gasteiger partial charge on any atom is -0.354 e. The molecule has 86 valence electrons. The maximum Gasteiger partial charge on any atom is 0.241 e. The monoisotopic (exact) mass is 222 g/mol. The molecule has 1 heterocycles. The molecular formula is C9H14N6O. The van der Waals surface area contributed by atoms with Crippen LogP contribution in [-0.2, 0) is 11.3 Å². The van der Waals surface area contributed by atoms with E-state index in [-0.39, 0.29) is 12.5 Å². The SMILES string of the molecule is [N-]=[N+]=NCCCCNC(=O)Cn1cccn1. The molecule has 1 amide bonds. The van der Waals surface area contributed by atoms with Gasteiger partial charge in [0.1, 0.15) is 6.54 Å². The number of azide groups is 1. The predicted molar refractivity (Wildman–Crippen MR) is 58.5 cm³/mol. The molecule has 0 aliphatic rings. The summed E-state index contributed by atoms with van der Waals surface area (Å²) in [6, 6.07) is 1.77. The molecule has 0 saturated carbocycles. The Morgan fingerprint density at radius 2 is 2.44 bits per heavy atom. The van der Waals surface area contributed by atoms with Gasteiger partial charge in [0, 0.05) is 30.4 Å². The molecule has 0 saturated heterocycles. The Morgan fingerprint density at radius 3 is 3.12 bits per heavy atom. The first-order chi connectivity index (χ1) is 7.83. The predicted octanol–water partition coefficient (Wildman–Crippen LogP) is 1.09. The molecule has 0 atom stereocenters. The highest BCUT2D eigenvalue weighted by molar-refractivity contribution is 5.75. The lowest BCUT2D eigenvalue weighted by molar-refractivity contribution is -0.121. The van der Waals surface area contributed by atoms with Crippen molar-refractivity contribution in [2.24, 2.45) is 5.11 Å². The third-order valence-electron chi connectivity index (χ3n) is 1.94. The van der Waals surface area contributed by atoms with E-state index < -0.39 is 0 Å². The van der Waals surface area contributed by atoms with Gasteiger partial charge in [0.05, 0.1) is 0 Å². The first-order valence-corrected chi connectivity index (χ1v) is 5.08. The molecule has 0 aliphatic heterocycles. The number of rotatable bonds is 7.